The molecule has 2 bridgehead atoms. The second kappa shape index (κ2) is 12.2. The highest BCUT2D eigenvalue weighted by Gasteiger charge is 2.32. The first-order valence-corrected chi connectivity index (χ1v) is 13.6. The van der Waals surface area contributed by atoms with Crippen LogP contribution in [0.25, 0.3) is 0 Å². The van der Waals surface area contributed by atoms with E-state index in [4.69, 9.17) is 0 Å². The number of ketones is 2. The number of nitrogens with one attached hydrogen (secondary N) is 2. The summed E-state index contributed by atoms with van der Waals surface area (Å²) in [5.41, 5.74) is 2.25. The molecule has 2 atom stereocenters. The molecule has 35 heavy (non-hydrogen) atoms. The van der Waals surface area contributed by atoms with Crippen LogP contribution >= 0.6 is 0 Å². The highest BCUT2D eigenvalue weighted by atomic mass is 32.2. The molecule has 0 radical (unpaired) electrons. The zero-order chi connectivity index (χ0) is 25.4. The molecule has 3 rings (SSSR count). The van der Waals surface area contributed by atoms with Crippen molar-refractivity contribution in [3.63, 3.8) is 0 Å². The zero-order valence-electron chi connectivity index (χ0n) is 20.3. The van der Waals surface area contributed by atoms with Crippen molar-refractivity contribution >= 4 is 27.5 Å². The predicted octanol–water partition coefficient (Wildman–Crippen LogP) is 3.22. The van der Waals surface area contributed by atoms with Gasteiger partial charge < -0.3 is 5.32 Å². The van der Waals surface area contributed by atoms with Crippen molar-refractivity contribution in [2.45, 2.75) is 63.3 Å². The van der Waals surface area contributed by atoms with E-state index in [9.17, 15) is 22.8 Å². The van der Waals surface area contributed by atoms with E-state index in [1.807, 2.05) is 32.0 Å². The van der Waals surface area contributed by atoms with Gasteiger partial charge in [0, 0.05) is 18.9 Å². The smallest absolute Gasteiger partial charge is 0.287 e. The van der Waals surface area contributed by atoms with Gasteiger partial charge >= 0.3 is 0 Å². The molecule has 0 fully saturated rings. The van der Waals surface area contributed by atoms with Crippen molar-refractivity contribution in [2.75, 3.05) is 6.54 Å². The van der Waals surface area contributed by atoms with Crippen LogP contribution in [0, 0.1) is 11.8 Å². The van der Waals surface area contributed by atoms with E-state index in [2.05, 4.69) is 16.1 Å². The molecular weight excluding hydrogens is 464 g/mol. The van der Waals surface area contributed by atoms with Crippen LogP contribution in [-0.2, 0) is 37.2 Å². The number of amides is 1. The lowest BCUT2D eigenvalue weighted by Crippen LogP contribution is -2.44. The van der Waals surface area contributed by atoms with Gasteiger partial charge in [-0.3, -0.25) is 14.4 Å². The summed E-state index contributed by atoms with van der Waals surface area (Å²) in [6.45, 7) is 4.14. The summed E-state index contributed by atoms with van der Waals surface area (Å²) in [6, 6.07) is 15.0. The lowest BCUT2D eigenvalue weighted by Gasteiger charge is -2.22. The fourth-order valence-electron chi connectivity index (χ4n) is 4.37. The van der Waals surface area contributed by atoms with Crippen molar-refractivity contribution in [3.05, 3.63) is 65.7 Å². The summed E-state index contributed by atoms with van der Waals surface area (Å²) in [6.07, 6.45) is 2.50. The second-order valence-electron chi connectivity index (χ2n) is 9.57. The Morgan fingerprint density at radius 3 is 2.40 bits per heavy atom. The summed E-state index contributed by atoms with van der Waals surface area (Å²) < 4.78 is 28.3. The Bertz CT molecular complexity index is 1150. The van der Waals surface area contributed by atoms with Crippen molar-refractivity contribution in [2.24, 2.45) is 11.8 Å². The van der Waals surface area contributed by atoms with Crippen LogP contribution in [0.2, 0.25) is 0 Å². The number of hydrogen-bond acceptors (Lipinski definition) is 5. The van der Waals surface area contributed by atoms with Crippen LogP contribution in [0.3, 0.4) is 0 Å². The Hall–Kier alpha value is -2.84. The number of Topliss-reactive ketones (excluding diaryl/α,β-unsaturated/α-hetero) is 2. The number of hydrogen-bond donors (Lipinski definition) is 2. The molecule has 0 spiro atoms. The zero-order valence-corrected chi connectivity index (χ0v) is 21.1. The lowest BCUT2D eigenvalue weighted by molar-refractivity contribution is -0.141. The topological polar surface area (TPSA) is 109 Å². The van der Waals surface area contributed by atoms with E-state index in [0.717, 1.165) is 17.5 Å². The normalized spacial score (nSPS) is 18.3. The maximum atomic E-state index is 13.3. The minimum absolute atomic E-state index is 0.0463. The molecule has 1 aliphatic heterocycles. The van der Waals surface area contributed by atoms with Crippen molar-refractivity contribution in [1.29, 1.82) is 0 Å². The van der Waals surface area contributed by atoms with Gasteiger partial charge in [-0.15, -0.1) is 0 Å². The molecule has 0 aromatic heterocycles. The molecule has 1 amide bonds. The molecular formula is C27H34N2O5S. The third-order valence-corrected chi connectivity index (χ3v) is 7.69. The SMILES string of the molecule is CC(C)CC(NS(=O)(=O)c1ccccc1)C(=O)CC1CCCc2cccc(c2)CCNC(=O)C1=O. The first-order chi connectivity index (χ1) is 16.7. The molecule has 2 aromatic carbocycles. The summed E-state index contributed by atoms with van der Waals surface area (Å²) in [5, 5.41) is 2.67. The molecule has 2 N–H and O–H groups in total. The molecule has 2 unspecified atom stereocenters. The predicted molar refractivity (Wildman–Crippen MR) is 134 cm³/mol. The monoisotopic (exact) mass is 498 g/mol. The molecule has 2 aromatic rings. The van der Waals surface area contributed by atoms with Gasteiger partial charge in [-0.25, -0.2) is 13.1 Å². The number of sulfonamides is 1. The fraction of sp³-hybridized carbons (Fsp3) is 0.444. The summed E-state index contributed by atoms with van der Waals surface area (Å²) in [5.74, 6) is -2.42. The van der Waals surface area contributed by atoms with Gasteiger partial charge in [0.15, 0.2) is 5.78 Å². The maximum absolute atomic E-state index is 13.3. The Balaban J connectivity index is 1.77. The number of benzene rings is 2. The average Bonchev–Trinajstić information content (AvgIpc) is 2.82. The first kappa shape index (κ1) is 26.8. The molecule has 1 heterocycles. The highest BCUT2D eigenvalue weighted by Crippen LogP contribution is 2.21. The molecule has 1 aliphatic rings. The van der Waals surface area contributed by atoms with Gasteiger partial charge in [0.25, 0.3) is 5.91 Å². The summed E-state index contributed by atoms with van der Waals surface area (Å²) >= 11 is 0. The van der Waals surface area contributed by atoms with E-state index < -0.39 is 33.7 Å². The van der Waals surface area contributed by atoms with Gasteiger partial charge in [-0.05, 0) is 61.3 Å². The van der Waals surface area contributed by atoms with Crippen LogP contribution in [0.5, 0.6) is 0 Å². The highest BCUT2D eigenvalue weighted by molar-refractivity contribution is 7.89. The Morgan fingerprint density at radius 1 is 1.03 bits per heavy atom. The Kier molecular flexibility index (Phi) is 9.34. The first-order valence-electron chi connectivity index (χ1n) is 12.2. The van der Waals surface area contributed by atoms with Crippen molar-refractivity contribution in [1.82, 2.24) is 10.0 Å². The van der Waals surface area contributed by atoms with Gasteiger partial charge in [0.1, 0.15) is 0 Å². The number of aryl methyl sites for hydroxylation is 1. The van der Waals surface area contributed by atoms with Crippen molar-refractivity contribution < 1.29 is 22.8 Å². The van der Waals surface area contributed by atoms with E-state index in [1.54, 1.807) is 18.2 Å². The van der Waals surface area contributed by atoms with E-state index >= 15 is 0 Å². The lowest BCUT2D eigenvalue weighted by atomic mass is 9.87. The molecule has 188 valence electrons. The average molecular weight is 499 g/mol. The van der Waals surface area contributed by atoms with Crippen LogP contribution < -0.4 is 10.0 Å². The minimum Gasteiger partial charge on any atom is -0.349 e. The Labute approximate surface area is 207 Å². The molecule has 0 saturated carbocycles. The summed E-state index contributed by atoms with van der Waals surface area (Å²) in [4.78, 5) is 38.9. The molecule has 8 heteroatoms. The number of fused-ring (bicyclic) bond motifs is 2. The Morgan fingerprint density at radius 2 is 1.71 bits per heavy atom. The van der Waals surface area contributed by atoms with E-state index in [-0.39, 0.29) is 23.0 Å². The van der Waals surface area contributed by atoms with Gasteiger partial charge in [-0.2, -0.15) is 0 Å². The van der Waals surface area contributed by atoms with Gasteiger partial charge in [-0.1, -0.05) is 56.3 Å². The second-order valence-corrected chi connectivity index (χ2v) is 11.3. The molecule has 0 aliphatic carbocycles. The third kappa shape index (κ3) is 7.83. The quantitative estimate of drug-likeness (QED) is 0.543. The third-order valence-electron chi connectivity index (χ3n) is 6.20. The van der Waals surface area contributed by atoms with Crippen LogP contribution in [0.15, 0.2) is 59.5 Å². The van der Waals surface area contributed by atoms with Crippen LogP contribution in [-0.4, -0.2) is 38.5 Å². The largest absolute Gasteiger partial charge is 0.349 e. The van der Waals surface area contributed by atoms with Crippen LogP contribution in [0.1, 0.15) is 50.7 Å². The number of carbonyl (C=O) groups is 3. The van der Waals surface area contributed by atoms with Crippen molar-refractivity contribution in [3.8, 4) is 0 Å². The van der Waals surface area contributed by atoms with Crippen LogP contribution in [0.4, 0.5) is 0 Å². The molecule has 0 saturated heterocycles. The van der Waals surface area contributed by atoms with E-state index in [0.29, 0.717) is 32.2 Å². The standard InChI is InChI=1S/C27H34N2O5S/c1-19(2)16-24(29-35(33,34)23-12-4-3-5-13-23)25(30)18-22-11-7-10-20-8-6-9-21(17-20)14-15-28-27(32)26(22)31/h3-6,8-9,12-13,17,19,22,24,29H,7,10-11,14-16,18H2,1-2H3,(H,28,32). The van der Waals surface area contributed by atoms with Gasteiger partial charge in [0.2, 0.25) is 15.8 Å². The van der Waals surface area contributed by atoms with Gasteiger partial charge in [0.05, 0.1) is 10.9 Å². The van der Waals surface area contributed by atoms with E-state index in [1.165, 1.54) is 12.1 Å². The molecule has 7 nitrogen and oxygen atoms in total. The number of rotatable bonds is 8. The number of carbonyl (C=O) groups excluding carboxylic acids is 3. The minimum atomic E-state index is -3.91. The fourth-order valence-corrected chi connectivity index (χ4v) is 5.62. The maximum Gasteiger partial charge on any atom is 0.287 e. The summed E-state index contributed by atoms with van der Waals surface area (Å²) in [7, 11) is -3.91.